The molecule has 1 unspecified atom stereocenters. The van der Waals surface area contributed by atoms with Crippen molar-refractivity contribution in [2.75, 3.05) is 13.7 Å². The van der Waals surface area contributed by atoms with Gasteiger partial charge in [0.25, 0.3) is 0 Å². The summed E-state index contributed by atoms with van der Waals surface area (Å²) in [6.45, 7) is 2.17. The molecule has 0 fully saturated rings. The molecule has 3 aromatic rings. The van der Waals surface area contributed by atoms with Crippen LogP contribution in [-0.2, 0) is 0 Å². The Kier molecular flexibility index (Phi) is 7.65. The van der Waals surface area contributed by atoms with Crippen molar-refractivity contribution in [3.8, 4) is 29.1 Å². The number of nitrogens with two attached hydrogens (primary N) is 1. The second-order valence-electron chi connectivity index (χ2n) is 7.60. The van der Waals surface area contributed by atoms with Crippen molar-refractivity contribution < 1.29 is 23.7 Å². The minimum atomic E-state index is -0.677. The van der Waals surface area contributed by atoms with Crippen molar-refractivity contribution in [2.45, 2.75) is 12.8 Å². The molecule has 0 amide bonds. The first-order valence-electron chi connectivity index (χ1n) is 10.7. The summed E-state index contributed by atoms with van der Waals surface area (Å²) in [7, 11) is 1.55. The highest BCUT2D eigenvalue weighted by molar-refractivity contribution is 9.10. The van der Waals surface area contributed by atoms with E-state index in [1.165, 1.54) is 18.2 Å². The number of nitriles is 1. The molecule has 1 heterocycles. The van der Waals surface area contributed by atoms with Crippen molar-refractivity contribution in [2.24, 2.45) is 5.73 Å². The third-order valence-electron chi connectivity index (χ3n) is 5.43. The number of nitrogens with zero attached hydrogens (tertiary/aromatic N) is 1. The third-order valence-corrected chi connectivity index (χ3v) is 6.48. The molecule has 1 aliphatic rings. The second-order valence-corrected chi connectivity index (χ2v) is 9.33. The minimum Gasteiger partial charge on any atom is -0.496 e. The molecule has 1 atom stereocenters. The number of carbonyl (C=O) groups excluding carboxylic acids is 1. The summed E-state index contributed by atoms with van der Waals surface area (Å²) >= 11 is 15.9. The number of benzene rings is 3. The summed E-state index contributed by atoms with van der Waals surface area (Å²) < 4.78 is 23.0. The fraction of sp³-hybridized carbons (Fsp3) is 0.154. The van der Waals surface area contributed by atoms with Gasteiger partial charge in [0.05, 0.1) is 35.2 Å². The molecule has 2 N–H and O–H groups in total. The Morgan fingerprint density at radius 1 is 1.14 bits per heavy atom. The molecule has 0 saturated heterocycles. The maximum atomic E-state index is 12.8. The summed E-state index contributed by atoms with van der Waals surface area (Å²) in [6, 6.07) is 15.3. The zero-order valence-electron chi connectivity index (χ0n) is 19.1. The highest BCUT2D eigenvalue weighted by Crippen LogP contribution is 2.46. The van der Waals surface area contributed by atoms with Gasteiger partial charge < -0.3 is 24.7 Å². The van der Waals surface area contributed by atoms with Crippen LogP contribution in [0.5, 0.6) is 23.0 Å². The lowest BCUT2D eigenvalue weighted by atomic mass is 9.83. The lowest BCUT2D eigenvalue weighted by Gasteiger charge is -2.27. The van der Waals surface area contributed by atoms with E-state index in [-0.39, 0.29) is 32.8 Å². The van der Waals surface area contributed by atoms with Gasteiger partial charge in [-0.3, -0.25) is 0 Å². The van der Waals surface area contributed by atoms with E-state index in [4.69, 9.17) is 47.9 Å². The smallest absolute Gasteiger partial charge is 0.343 e. The Morgan fingerprint density at radius 3 is 2.50 bits per heavy atom. The average Bonchev–Trinajstić information content (AvgIpc) is 2.85. The number of halogens is 3. The van der Waals surface area contributed by atoms with E-state index in [0.29, 0.717) is 29.4 Å². The van der Waals surface area contributed by atoms with Gasteiger partial charge in [0, 0.05) is 21.7 Å². The van der Waals surface area contributed by atoms with E-state index in [2.05, 4.69) is 22.0 Å². The van der Waals surface area contributed by atoms with Crippen LogP contribution in [-0.4, -0.2) is 19.7 Å². The molecule has 3 aromatic carbocycles. The molecule has 0 saturated carbocycles. The lowest BCUT2D eigenvalue weighted by Crippen LogP contribution is -2.21. The standard InChI is InChI=1S/C26H19BrCl2N2O5/c1-3-34-24-19(28)8-13(9-20(24)29)26(32)35-15-5-6-16-22(11-15)36-25(31)18(12-30)23(16)17-10-14(27)4-7-21(17)33-2/h4-11,23H,3,31H2,1-2H3. The topological polar surface area (TPSA) is 104 Å². The summed E-state index contributed by atoms with van der Waals surface area (Å²) in [5, 5.41) is 10.2. The quantitative estimate of drug-likeness (QED) is 0.255. The van der Waals surface area contributed by atoms with Gasteiger partial charge >= 0.3 is 5.97 Å². The second kappa shape index (κ2) is 10.7. The zero-order chi connectivity index (χ0) is 26.0. The van der Waals surface area contributed by atoms with E-state index in [9.17, 15) is 10.1 Å². The first kappa shape index (κ1) is 25.7. The fourth-order valence-electron chi connectivity index (χ4n) is 3.88. The molecular weight excluding hydrogens is 571 g/mol. The summed E-state index contributed by atoms with van der Waals surface area (Å²) in [6.07, 6.45) is 0. The molecule has 0 spiro atoms. The van der Waals surface area contributed by atoms with Crippen LogP contribution < -0.4 is 24.7 Å². The van der Waals surface area contributed by atoms with Gasteiger partial charge in [-0.2, -0.15) is 5.26 Å². The van der Waals surface area contributed by atoms with Gasteiger partial charge in [-0.05, 0) is 43.3 Å². The van der Waals surface area contributed by atoms with E-state index in [0.717, 1.165) is 10.0 Å². The molecular formula is C26H19BrCl2N2O5. The first-order chi connectivity index (χ1) is 17.3. The van der Waals surface area contributed by atoms with E-state index < -0.39 is 11.9 Å². The van der Waals surface area contributed by atoms with Crippen molar-refractivity contribution in [1.82, 2.24) is 0 Å². The van der Waals surface area contributed by atoms with Gasteiger partial charge in [-0.25, -0.2) is 4.79 Å². The minimum absolute atomic E-state index is 0.0504. The predicted molar refractivity (Wildman–Crippen MR) is 139 cm³/mol. The number of allylic oxidation sites excluding steroid dienone is 1. The van der Waals surface area contributed by atoms with E-state index >= 15 is 0 Å². The first-order valence-corrected chi connectivity index (χ1v) is 12.2. The van der Waals surface area contributed by atoms with Gasteiger partial charge in [0.2, 0.25) is 5.88 Å². The Bertz CT molecular complexity index is 1410. The maximum absolute atomic E-state index is 12.8. The van der Waals surface area contributed by atoms with Crippen molar-refractivity contribution in [1.29, 1.82) is 5.26 Å². The molecule has 10 heteroatoms. The highest BCUT2D eigenvalue weighted by Gasteiger charge is 2.33. The third kappa shape index (κ3) is 4.96. The molecule has 0 aromatic heterocycles. The molecule has 0 radical (unpaired) electrons. The fourth-order valence-corrected chi connectivity index (χ4v) is 4.85. The number of carbonyl (C=O) groups is 1. The maximum Gasteiger partial charge on any atom is 0.343 e. The Labute approximate surface area is 226 Å². The van der Waals surface area contributed by atoms with Crippen LogP contribution in [0.25, 0.3) is 0 Å². The van der Waals surface area contributed by atoms with Crippen molar-refractivity contribution in [3.63, 3.8) is 0 Å². The molecule has 1 aliphatic heterocycles. The SMILES string of the molecule is CCOc1c(Cl)cc(C(=O)Oc2ccc3c(c2)OC(N)=C(C#N)C3c2cc(Br)ccc2OC)cc1Cl. The van der Waals surface area contributed by atoms with Crippen LogP contribution in [0.1, 0.15) is 34.3 Å². The molecule has 36 heavy (non-hydrogen) atoms. The number of esters is 1. The Balaban J connectivity index is 1.70. The highest BCUT2D eigenvalue weighted by atomic mass is 79.9. The molecule has 0 bridgehead atoms. The Morgan fingerprint density at radius 2 is 1.86 bits per heavy atom. The molecule has 0 aliphatic carbocycles. The number of rotatable bonds is 6. The summed E-state index contributed by atoms with van der Waals surface area (Å²) in [4.78, 5) is 12.8. The van der Waals surface area contributed by atoms with Crippen molar-refractivity contribution in [3.05, 3.63) is 91.2 Å². The monoisotopic (exact) mass is 588 g/mol. The number of hydrogen-bond donors (Lipinski definition) is 1. The van der Waals surface area contributed by atoms with Gasteiger partial charge in [-0.1, -0.05) is 45.2 Å². The molecule has 4 rings (SSSR count). The molecule has 7 nitrogen and oxygen atoms in total. The van der Waals surface area contributed by atoms with E-state index in [1.54, 1.807) is 32.2 Å². The van der Waals surface area contributed by atoms with Crippen LogP contribution in [0.2, 0.25) is 10.0 Å². The predicted octanol–water partition coefficient (Wildman–Crippen LogP) is 6.60. The number of ether oxygens (including phenoxy) is 4. The average molecular weight is 590 g/mol. The van der Waals surface area contributed by atoms with Gasteiger partial charge in [0.15, 0.2) is 5.75 Å². The van der Waals surface area contributed by atoms with Gasteiger partial charge in [0.1, 0.15) is 28.9 Å². The summed E-state index contributed by atoms with van der Waals surface area (Å²) in [5.74, 6) is 0.134. The van der Waals surface area contributed by atoms with Crippen LogP contribution in [0, 0.1) is 11.3 Å². The zero-order valence-corrected chi connectivity index (χ0v) is 22.2. The van der Waals surface area contributed by atoms with Crippen LogP contribution in [0.4, 0.5) is 0 Å². The van der Waals surface area contributed by atoms with Crippen LogP contribution in [0.3, 0.4) is 0 Å². The largest absolute Gasteiger partial charge is 0.496 e. The van der Waals surface area contributed by atoms with Crippen molar-refractivity contribution >= 4 is 45.1 Å². The van der Waals surface area contributed by atoms with Gasteiger partial charge in [-0.15, -0.1) is 0 Å². The lowest BCUT2D eigenvalue weighted by molar-refractivity contribution is 0.0734. The number of fused-ring (bicyclic) bond motifs is 1. The van der Waals surface area contributed by atoms with E-state index in [1.807, 2.05) is 12.1 Å². The summed E-state index contributed by atoms with van der Waals surface area (Å²) in [5.41, 5.74) is 7.87. The Hall–Kier alpha value is -3.38. The number of hydrogen-bond acceptors (Lipinski definition) is 7. The normalized spacial score (nSPS) is 14.4. The number of methoxy groups -OCH3 is 1. The van der Waals surface area contributed by atoms with Crippen LogP contribution in [0.15, 0.2) is 64.5 Å². The van der Waals surface area contributed by atoms with Crippen LogP contribution >= 0.6 is 39.1 Å². The molecule has 184 valence electrons.